The van der Waals surface area contributed by atoms with Gasteiger partial charge in [0.05, 0.1) is 0 Å². The lowest BCUT2D eigenvalue weighted by Gasteiger charge is -2.01. The van der Waals surface area contributed by atoms with Crippen LogP contribution in [-0.4, -0.2) is 5.78 Å². The van der Waals surface area contributed by atoms with Crippen LogP contribution >= 0.6 is 0 Å². The van der Waals surface area contributed by atoms with E-state index in [2.05, 4.69) is 0 Å². The molecule has 0 spiro atoms. The van der Waals surface area contributed by atoms with E-state index < -0.39 is 5.82 Å². The molecule has 0 unspecified atom stereocenters. The molecule has 0 fully saturated rings. The molecule has 0 radical (unpaired) electrons. The first-order chi connectivity index (χ1) is 5.65. The summed E-state index contributed by atoms with van der Waals surface area (Å²) in [5, 5.41) is 0. The molecule has 3 heteroatoms. The predicted molar refractivity (Wildman–Crippen MR) is 45.4 cm³/mol. The van der Waals surface area contributed by atoms with Gasteiger partial charge in [-0.3, -0.25) is 4.79 Å². The second kappa shape index (κ2) is 3.34. The summed E-state index contributed by atoms with van der Waals surface area (Å²) in [6.07, 6.45) is 0.341. The lowest BCUT2D eigenvalue weighted by atomic mass is 10.1. The van der Waals surface area contributed by atoms with Gasteiger partial charge < -0.3 is 5.73 Å². The van der Waals surface area contributed by atoms with Gasteiger partial charge in [-0.15, -0.1) is 0 Å². The maximum atomic E-state index is 12.6. The normalized spacial score (nSPS) is 9.83. The highest BCUT2D eigenvalue weighted by Gasteiger charge is 2.07. The van der Waals surface area contributed by atoms with E-state index in [9.17, 15) is 9.18 Å². The minimum Gasteiger partial charge on any atom is -0.398 e. The van der Waals surface area contributed by atoms with Crippen LogP contribution in [0.1, 0.15) is 23.7 Å². The fourth-order valence-electron chi connectivity index (χ4n) is 0.960. The number of rotatable bonds is 2. The van der Waals surface area contributed by atoms with Crippen molar-refractivity contribution in [3.8, 4) is 0 Å². The quantitative estimate of drug-likeness (QED) is 0.540. The third-order valence-electron chi connectivity index (χ3n) is 1.64. The molecule has 64 valence electrons. The van der Waals surface area contributed by atoms with Crippen molar-refractivity contribution in [1.29, 1.82) is 0 Å². The molecule has 1 aromatic rings. The zero-order valence-electron chi connectivity index (χ0n) is 6.80. The molecule has 0 aliphatic carbocycles. The molecule has 2 nitrogen and oxygen atoms in total. The summed E-state index contributed by atoms with van der Waals surface area (Å²) in [5.74, 6) is -0.562. The van der Waals surface area contributed by atoms with Gasteiger partial charge in [0.25, 0.3) is 0 Å². The van der Waals surface area contributed by atoms with Gasteiger partial charge in [-0.25, -0.2) is 4.39 Å². The van der Waals surface area contributed by atoms with Gasteiger partial charge in [0, 0.05) is 17.7 Å². The van der Waals surface area contributed by atoms with Crippen LogP contribution in [0.2, 0.25) is 0 Å². The average Bonchev–Trinajstić information content (AvgIpc) is 2.08. The van der Waals surface area contributed by atoms with E-state index in [0.29, 0.717) is 12.1 Å². The van der Waals surface area contributed by atoms with E-state index in [1.807, 2.05) is 0 Å². The molecule has 0 aliphatic rings. The molecular formula is C9H10FNO. The third-order valence-corrected chi connectivity index (χ3v) is 1.64. The third kappa shape index (κ3) is 1.61. The Morgan fingerprint density at radius 2 is 2.25 bits per heavy atom. The summed E-state index contributed by atoms with van der Waals surface area (Å²) in [7, 11) is 0. The minimum atomic E-state index is -0.430. The smallest absolute Gasteiger partial charge is 0.164 e. The number of hydrogen-bond acceptors (Lipinski definition) is 2. The summed E-state index contributed by atoms with van der Waals surface area (Å²) in [6, 6.07) is 3.81. The fourth-order valence-corrected chi connectivity index (χ4v) is 0.960. The number of nitrogens with two attached hydrogens (primary N) is 1. The second-order valence-corrected chi connectivity index (χ2v) is 2.51. The Bertz CT molecular complexity index is 309. The van der Waals surface area contributed by atoms with Crippen LogP contribution in [0.4, 0.5) is 10.1 Å². The van der Waals surface area contributed by atoms with Crippen LogP contribution < -0.4 is 5.73 Å². The van der Waals surface area contributed by atoms with E-state index in [4.69, 9.17) is 5.73 Å². The second-order valence-electron chi connectivity index (χ2n) is 2.51. The number of ketones is 1. The Kier molecular flexibility index (Phi) is 2.43. The molecule has 0 aromatic heterocycles. The number of hydrogen-bond donors (Lipinski definition) is 1. The van der Waals surface area contributed by atoms with Crippen LogP contribution in [0.3, 0.4) is 0 Å². The molecule has 0 bridgehead atoms. The highest BCUT2D eigenvalue weighted by Crippen LogP contribution is 2.14. The Morgan fingerprint density at radius 3 is 2.83 bits per heavy atom. The molecule has 2 N–H and O–H groups in total. The van der Waals surface area contributed by atoms with E-state index in [-0.39, 0.29) is 11.3 Å². The van der Waals surface area contributed by atoms with Crippen molar-refractivity contribution in [2.75, 3.05) is 5.73 Å². The summed E-state index contributed by atoms with van der Waals surface area (Å²) in [6.45, 7) is 1.71. The van der Waals surface area contributed by atoms with Gasteiger partial charge in [-0.05, 0) is 18.2 Å². The molecule has 0 saturated heterocycles. The zero-order valence-corrected chi connectivity index (χ0v) is 6.80. The summed E-state index contributed by atoms with van der Waals surface area (Å²) in [5.41, 5.74) is 6.09. The highest BCUT2D eigenvalue weighted by atomic mass is 19.1. The number of Topliss-reactive ketones (excluding diaryl/α,β-unsaturated/α-hetero) is 1. The first-order valence-corrected chi connectivity index (χ1v) is 3.73. The van der Waals surface area contributed by atoms with E-state index in [1.165, 1.54) is 18.2 Å². The van der Waals surface area contributed by atoms with Crippen LogP contribution in [0.25, 0.3) is 0 Å². The number of nitrogen functional groups attached to an aromatic ring is 1. The van der Waals surface area contributed by atoms with Gasteiger partial charge in [0.15, 0.2) is 5.78 Å². The summed E-state index contributed by atoms with van der Waals surface area (Å²) < 4.78 is 12.6. The minimum absolute atomic E-state index is 0.132. The van der Waals surface area contributed by atoms with Gasteiger partial charge in [0.1, 0.15) is 5.82 Å². The van der Waals surface area contributed by atoms with E-state index in [0.717, 1.165) is 0 Å². The molecule has 1 rings (SSSR count). The number of benzene rings is 1. The molecular weight excluding hydrogens is 157 g/mol. The van der Waals surface area contributed by atoms with Crippen LogP contribution in [-0.2, 0) is 0 Å². The topological polar surface area (TPSA) is 43.1 Å². The first-order valence-electron chi connectivity index (χ1n) is 3.73. The molecule has 1 aromatic carbocycles. The molecule has 0 aliphatic heterocycles. The van der Waals surface area contributed by atoms with Gasteiger partial charge >= 0.3 is 0 Å². The van der Waals surface area contributed by atoms with Crippen molar-refractivity contribution < 1.29 is 9.18 Å². The standard InChI is InChI=1S/C9H10FNO/c1-2-9(12)7-5-6(10)3-4-8(7)11/h3-5H,2,11H2,1H3. The predicted octanol–water partition coefficient (Wildman–Crippen LogP) is 2.00. The molecule has 12 heavy (non-hydrogen) atoms. The lowest BCUT2D eigenvalue weighted by Crippen LogP contribution is -2.02. The summed E-state index contributed by atoms with van der Waals surface area (Å²) in [4.78, 5) is 11.1. The van der Waals surface area contributed by atoms with Gasteiger partial charge in [-0.1, -0.05) is 6.92 Å². The zero-order chi connectivity index (χ0) is 9.14. The Hall–Kier alpha value is -1.38. The molecule has 0 atom stereocenters. The van der Waals surface area contributed by atoms with Crippen molar-refractivity contribution in [2.24, 2.45) is 0 Å². The van der Waals surface area contributed by atoms with Crippen molar-refractivity contribution in [2.45, 2.75) is 13.3 Å². The fraction of sp³-hybridized carbons (Fsp3) is 0.222. The molecule has 0 amide bonds. The number of carbonyl (C=O) groups excluding carboxylic acids is 1. The van der Waals surface area contributed by atoms with Gasteiger partial charge in [-0.2, -0.15) is 0 Å². The number of halogens is 1. The van der Waals surface area contributed by atoms with E-state index >= 15 is 0 Å². The molecule has 0 heterocycles. The van der Waals surface area contributed by atoms with E-state index in [1.54, 1.807) is 6.92 Å². The maximum absolute atomic E-state index is 12.6. The van der Waals surface area contributed by atoms with Crippen LogP contribution in [0, 0.1) is 5.82 Å². The Morgan fingerprint density at radius 1 is 1.58 bits per heavy atom. The van der Waals surface area contributed by atoms with Gasteiger partial charge in [0.2, 0.25) is 0 Å². The van der Waals surface area contributed by atoms with Crippen LogP contribution in [0.15, 0.2) is 18.2 Å². The highest BCUT2D eigenvalue weighted by molar-refractivity contribution is 6.00. The lowest BCUT2D eigenvalue weighted by molar-refractivity contribution is 0.0988. The number of carbonyl (C=O) groups is 1. The monoisotopic (exact) mass is 167 g/mol. The van der Waals surface area contributed by atoms with Crippen LogP contribution in [0.5, 0.6) is 0 Å². The summed E-state index contributed by atoms with van der Waals surface area (Å²) >= 11 is 0. The largest absolute Gasteiger partial charge is 0.398 e. The SMILES string of the molecule is CCC(=O)c1cc(F)ccc1N. The average molecular weight is 167 g/mol. The Balaban J connectivity index is 3.13. The molecule has 0 saturated carbocycles. The van der Waals surface area contributed by atoms with Crippen molar-refractivity contribution in [1.82, 2.24) is 0 Å². The number of anilines is 1. The first kappa shape index (κ1) is 8.71. The van der Waals surface area contributed by atoms with Crippen molar-refractivity contribution in [3.05, 3.63) is 29.6 Å². The van der Waals surface area contributed by atoms with Crippen molar-refractivity contribution >= 4 is 11.5 Å². The Labute approximate surface area is 70.2 Å². The maximum Gasteiger partial charge on any atom is 0.164 e. The van der Waals surface area contributed by atoms with Crippen molar-refractivity contribution in [3.63, 3.8) is 0 Å².